The first-order valence-electron chi connectivity index (χ1n) is 6.39. The summed E-state index contributed by atoms with van der Waals surface area (Å²) in [5, 5.41) is 13.9. The molecule has 0 aliphatic carbocycles. The number of fused-ring (bicyclic) bond motifs is 1. The Morgan fingerprint density at radius 3 is 2.90 bits per heavy atom. The third-order valence-corrected chi connectivity index (χ3v) is 4.09. The normalized spacial score (nSPS) is 12.0. The van der Waals surface area contributed by atoms with Crippen molar-refractivity contribution < 1.29 is 9.90 Å². The summed E-state index contributed by atoms with van der Waals surface area (Å²) < 4.78 is 2.73. The van der Waals surface area contributed by atoms with E-state index in [1.807, 2.05) is 43.6 Å². The van der Waals surface area contributed by atoms with Crippen molar-refractivity contribution in [1.82, 2.24) is 14.8 Å². The summed E-state index contributed by atoms with van der Waals surface area (Å²) in [4.78, 5) is 15.6. The lowest BCUT2D eigenvalue weighted by atomic mass is 10.1. The summed E-state index contributed by atoms with van der Waals surface area (Å²) in [5.41, 5.74) is 2.45. The molecule has 1 N–H and O–H groups in total. The second kappa shape index (κ2) is 5.49. The zero-order valence-electron chi connectivity index (χ0n) is 11.4. The third kappa shape index (κ3) is 3.00. The van der Waals surface area contributed by atoms with Gasteiger partial charge in [0, 0.05) is 18.8 Å². The van der Waals surface area contributed by atoms with Crippen molar-refractivity contribution in [2.24, 2.45) is 7.05 Å². The molecular formula is C15H13N3O2S. The van der Waals surface area contributed by atoms with Crippen LogP contribution in [0.5, 0.6) is 0 Å². The number of nitrogens with zero attached hydrogens (tertiary/aromatic N) is 3. The first-order chi connectivity index (χ1) is 10.1. The number of rotatable bonds is 4. The van der Waals surface area contributed by atoms with Gasteiger partial charge in [-0.2, -0.15) is 5.10 Å². The highest BCUT2D eigenvalue weighted by atomic mass is 32.1. The van der Waals surface area contributed by atoms with Crippen molar-refractivity contribution in [3.63, 3.8) is 0 Å². The van der Waals surface area contributed by atoms with Gasteiger partial charge < -0.3 is 5.11 Å². The summed E-state index contributed by atoms with van der Waals surface area (Å²) in [5.74, 6) is -0.871. The maximum atomic E-state index is 11.1. The highest BCUT2D eigenvalue weighted by Gasteiger charge is 2.12. The van der Waals surface area contributed by atoms with E-state index in [0.29, 0.717) is 5.57 Å². The first kappa shape index (κ1) is 13.5. The number of carbonyl (C=O) groups is 1. The van der Waals surface area contributed by atoms with Gasteiger partial charge in [-0.15, -0.1) is 11.3 Å². The van der Waals surface area contributed by atoms with E-state index in [4.69, 9.17) is 5.11 Å². The molecule has 2 aromatic heterocycles. The topological polar surface area (TPSA) is 68.0 Å². The Kier molecular flexibility index (Phi) is 3.53. The summed E-state index contributed by atoms with van der Waals surface area (Å²) in [6.07, 6.45) is 5.32. The lowest BCUT2D eigenvalue weighted by molar-refractivity contribution is -0.135. The lowest BCUT2D eigenvalue weighted by Crippen LogP contribution is -1.96. The Morgan fingerprint density at radius 2 is 2.24 bits per heavy atom. The van der Waals surface area contributed by atoms with E-state index < -0.39 is 5.97 Å². The van der Waals surface area contributed by atoms with Crippen LogP contribution in [0.3, 0.4) is 0 Å². The highest BCUT2D eigenvalue weighted by Crippen LogP contribution is 2.30. The largest absolute Gasteiger partial charge is 0.481 e. The van der Waals surface area contributed by atoms with Crippen molar-refractivity contribution >= 4 is 39.2 Å². The maximum Gasteiger partial charge on any atom is 0.307 e. The molecule has 0 atom stereocenters. The van der Waals surface area contributed by atoms with Gasteiger partial charge in [-0.3, -0.25) is 9.48 Å². The smallest absolute Gasteiger partial charge is 0.307 e. The van der Waals surface area contributed by atoms with Gasteiger partial charge in [0.1, 0.15) is 5.01 Å². The fourth-order valence-electron chi connectivity index (χ4n) is 2.08. The fourth-order valence-corrected chi connectivity index (χ4v) is 3.06. The zero-order chi connectivity index (χ0) is 14.8. The Balaban J connectivity index is 2.06. The van der Waals surface area contributed by atoms with Crippen molar-refractivity contribution in [2.45, 2.75) is 6.42 Å². The fraction of sp³-hybridized carbons (Fsp3) is 0.133. The average molecular weight is 299 g/mol. The maximum absolute atomic E-state index is 11.1. The Hall–Kier alpha value is -2.47. The van der Waals surface area contributed by atoms with E-state index in [1.54, 1.807) is 10.9 Å². The average Bonchev–Trinajstić information content (AvgIpc) is 3.03. The number of carboxylic acid groups (broad SMARTS) is 1. The summed E-state index contributed by atoms with van der Waals surface area (Å²) in [7, 11) is 1.83. The van der Waals surface area contributed by atoms with Gasteiger partial charge in [-0.25, -0.2) is 4.98 Å². The number of aromatic nitrogens is 3. The molecule has 0 aliphatic rings. The van der Waals surface area contributed by atoms with Gasteiger partial charge in [0.2, 0.25) is 0 Å². The molecule has 3 rings (SSSR count). The van der Waals surface area contributed by atoms with Gasteiger partial charge >= 0.3 is 5.97 Å². The number of aryl methyl sites for hydroxylation is 1. The number of para-hydroxylation sites is 1. The minimum absolute atomic E-state index is 0.0608. The molecule has 0 radical (unpaired) electrons. The van der Waals surface area contributed by atoms with Crippen LogP contribution >= 0.6 is 11.3 Å². The SMILES string of the molecule is Cn1cc(C=C(CC(=O)O)c2nc3ccccc3s2)cn1. The second-order valence-electron chi connectivity index (χ2n) is 4.67. The van der Waals surface area contributed by atoms with E-state index in [9.17, 15) is 4.79 Å². The Labute approximate surface area is 125 Å². The van der Waals surface area contributed by atoms with Crippen LogP contribution in [0.15, 0.2) is 36.7 Å². The van der Waals surface area contributed by atoms with Crippen LogP contribution in [0.1, 0.15) is 17.0 Å². The monoisotopic (exact) mass is 299 g/mol. The van der Waals surface area contributed by atoms with Crippen LogP contribution in [-0.2, 0) is 11.8 Å². The van der Waals surface area contributed by atoms with Crippen LogP contribution in [0, 0.1) is 0 Å². The summed E-state index contributed by atoms with van der Waals surface area (Å²) >= 11 is 1.50. The summed E-state index contributed by atoms with van der Waals surface area (Å²) in [6.45, 7) is 0. The molecule has 3 aromatic rings. The van der Waals surface area contributed by atoms with Gasteiger partial charge in [-0.1, -0.05) is 12.1 Å². The molecule has 0 amide bonds. The minimum atomic E-state index is -0.871. The van der Waals surface area contributed by atoms with Crippen molar-refractivity contribution in [1.29, 1.82) is 0 Å². The highest BCUT2D eigenvalue weighted by molar-refractivity contribution is 7.19. The zero-order valence-corrected chi connectivity index (χ0v) is 12.2. The number of benzene rings is 1. The molecular weight excluding hydrogens is 286 g/mol. The first-order valence-corrected chi connectivity index (χ1v) is 7.20. The Bertz CT molecular complexity index is 799. The van der Waals surface area contributed by atoms with Crippen molar-refractivity contribution in [3.8, 4) is 0 Å². The standard InChI is InChI=1S/C15H13N3O2S/c1-18-9-10(8-16-18)6-11(7-14(19)20)15-17-12-4-2-3-5-13(12)21-15/h2-6,8-9H,7H2,1H3,(H,19,20). The van der Waals surface area contributed by atoms with Crippen LogP contribution in [0.25, 0.3) is 21.9 Å². The lowest BCUT2D eigenvalue weighted by Gasteiger charge is -1.99. The predicted octanol–water partition coefficient (Wildman–Crippen LogP) is 3.05. The number of carboxylic acids is 1. The van der Waals surface area contributed by atoms with Crippen LogP contribution in [0.2, 0.25) is 0 Å². The predicted molar refractivity (Wildman–Crippen MR) is 83.0 cm³/mol. The Morgan fingerprint density at radius 1 is 1.43 bits per heavy atom. The molecule has 0 aliphatic heterocycles. The van der Waals surface area contributed by atoms with E-state index >= 15 is 0 Å². The van der Waals surface area contributed by atoms with E-state index in [-0.39, 0.29) is 6.42 Å². The number of hydrogen-bond acceptors (Lipinski definition) is 4. The van der Waals surface area contributed by atoms with Gasteiger partial charge in [-0.05, 0) is 23.8 Å². The molecule has 1 aromatic carbocycles. The molecule has 0 unspecified atom stereocenters. The minimum Gasteiger partial charge on any atom is -0.481 e. The van der Waals surface area contributed by atoms with Crippen LogP contribution < -0.4 is 0 Å². The molecule has 0 spiro atoms. The van der Waals surface area contributed by atoms with Gasteiger partial charge in [0.25, 0.3) is 0 Å². The van der Waals surface area contributed by atoms with E-state index in [1.165, 1.54) is 11.3 Å². The molecule has 6 heteroatoms. The molecule has 2 heterocycles. The molecule has 0 saturated heterocycles. The molecule has 5 nitrogen and oxygen atoms in total. The molecule has 21 heavy (non-hydrogen) atoms. The summed E-state index contributed by atoms with van der Waals surface area (Å²) in [6, 6.07) is 7.79. The number of thiazole rings is 1. The number of aliphatic carboxylic acids is 1. The number of hydrogen-bond donors (Lipinski definition) is 1. The van der Waals surface area contributed by atoms with Crippen LogP contribution in [-0.4, -0.2) is 25.8 Å². The molecule has 106 valence electrons. The van der Waals surface area contributed by atoms with E-state index in [2.05, 4.69) is 10.1 Å². The van der Waals surface area contributed by atoms with Crippen molar-refractivity contribution in [2.75, 3.05) is 0 Å². The van der Waals surface area contributed by atoms with E-state index in [0.717, 1.165) is 20.8 Å². The van der Waals surface area contributed by atoms with Crippen molar-refractivity contribution in [3.05, 3.63) is 47.2 Å². The third-order valence-electron chi connectivity index (χ3n) is 2.98. The second-order valence-corrected chi connectivity index (χ2v) is 5.70. The van der Waals surface area contributed by atoms with Crippen LogP contribution in [0.4, 0.5) is 0 Å². The molecule has 0 fully saturated rings. The van der Waals surface area contributed by atoms with Gasteiger partial charge in [0.05, 0.1) is 22.8 Å². The molecule has 0 saturated carbocycles. The quantitative estimate of drug-likeness (QED) is 0.804. The van der Waals surface area contributed by atoms with Gasteiger partial charge in [0.15, 0.2) is 0 Å². The molecule has 0 bridgehead atoms.